The van der Waals surface area contributed by atoms with E-state index in [1.807, 2.05) is 54.6 Å². The fourth-order valence-electron chi connectivity index (χ4n) is 9.02. The second-order valence-corrected chi connectivity index (χ2v) is 18.2. The third-order valence-corrected chi connectivity index (χ3v) is 11.8. The number of benzene rings is 3. The summed E-state index contributed by atoms with van der Waals surface area (Å²) in [5.74, 6) is -5.49. The lowest BCUT2D eigenvalue weighted by Crippen LogP contribution is -2.68. The van der Waals surface area contributed by atoms with Crippen LogP contribution in [0, 0.1) is 0 Å². The van der Waals surface area contributed by atoms with Crippen LogP contribution in [0.2, 0.25) is 0 Å². The summed E-state index contributed by atoms with van der Waals surface area (Å²) in [6, 6.07) is 24.1. The Kier molecular flexibility index (Phi) is 16.3. The standard InChI is InChI=1S/C49H56N4O18/c1-26(54)61-23-38-41(65-27(2)55)42(66-28(3)56)43(67-29(4)57)45(69-38)64-25-49(51-52-50,46(59)71-48(5,6)7)53(39-21-36(58)40-37(68-39)24-62-44(70-40)30-15-9-8-10-16-30)47(60)63-22-35-33-19-13-11-17-31(33)32-18-12-14-20-34(32)35/h8-20,35-45,58H,21-25H2,1-7H3/t36-,37-,38-,39+,40-,41+,42+,43-,44?,45-,49+/m1/s1. The first-order valence-corrected chi connectivity index (χ1v) is 22.8. The monoisotopic (exact) mass is 988 g/mol. The van der Waals surface area contributed by atoms with Gasteiger partial charge < -0.3 is 57.2 Å². The molecule has 3 aliphatic heterocycles. The molecule has 3 aromatic rings. The number of azide groups is 1. The van der Waals surface area contributed by atoms with Gasteiger partial charge in [-0.1, -0.05) is 84.0 Å². The Morgan fingerprint density at radius 3 is 1.93 bits per heavy atom. The highest BCUT2D eigenvalue weighted by Crippen LogP contribution is 2.45. The van der Waals surface area contributed by atoms with Gasteiger partial charge in [0.25, 0.3) is 0 Å². The molecule has 3 heterocycles. The number of aliphatic hydroxyl groups excluding tert-OH is 1. The molecule has 7 rings (SSSR count). The predicted octanol–water partition coefficient (Wildman–Crippen LogP) is 5.28. The van der Waals surface area contributed by atoms with Gasteiger partial charge in [-0.05, 0) is 48.6 Å². The zero-order chi connectivity index (χ0) is 51.2. The van der Waals surface area contributed by atoms with Gasteiger partial charge in [-0.3, -0.25) is 24.1 Å². The van der Waals surface area contributed by atoms with Crippen molar-refractivity contribution < 1.29 is 86.0 Å². The molecule has 3 saturated heterocycles. The summed E-state index contributed by atoms with van der Waals surface area (Å²) in [5, 5.41) is 15.8. The molecular weight excluding hydrogens is 933 g/mol. The van der Waals surface area contributed by atoms with Gasteiger partial charge in [0.05, 0.1) is 19.3 Å². The SMILES string of the molecule is CC(=O)OC[C@H]1O[C@@H](OC[C@@](N=[N+]=[N-])(C(=O)OC(C)(C)C)N(C(=O)OCC2c3ccccc3-c3ccccc32)[C@@H]2C[C@@H](O)[C@H]3OC(c4ccccc4)OC[C@H]3O2)[C@H](OC(C)=O)[C@@H](OC(C)=O)[C@H]1OC(C)=O. The molecule has 3 aromatic carbocycles. The van der Waals surface area contributed by atoms with E-state index in [1.54, 1.807) is 24.3 Å². The van der Waals surface area contributed by atoms with Gasteiger partial charge in [-0.15, -0.1) is 0 Å². The summed E-state index contributed by atoms with van der Waals surface area (Å²) in [6.45, 7) is 6.35. The van der Waals surface area contributed by atoms with E-state index < -0.39 is 134 Å². The number of ether oxygens (including phenoxy) is 11. The number of esters is 5. The van der Waals surface area contributed by atoms with Crippen molar-refractivity contribution in [3.05, 3.63) is 106 Å². The normalized spacial score (nSPS) is 26.6. The Hall–Kier alpha value is -6.65. The fraction of sp³-hybridized carbons (Fsp3) is 0.510. The van der Waals surface area contributed by atoms with Gasteiger partial charge in [0, 0.05) is 50.5 Å². The average Bonchev–Trinajstić information content (AvgIpc) is 3.63. The first kappa shape index (κ1) is 52.2. The zero-order valence-electron chi connectivity index (χ0n) is 40.1. The molecule has 4 aliphatic rings. The van der Waals surface area contributed by atoms with E-state index >= 15 is 9.59 Å². The second kappa shape index (κ2) is 22.2. The summed E-state index contributed by atoms with van der Waals surface area (Å²) < 4.78 is 65.1. The maximum atomic E-state index is 15.3. The van der Waals surface area contributed by atoms with Crippen molar-refractivity contribution in [2.75, 3.05) is 26.4 Å². The number of nitrogens with zero attached hydrogens (tertiary/aromatic N) is 4. The number of hydrogen-bond donors (Lipinski definition) is 1. The minimum absolute atomic E-state index is 0.182. The molecule has 0 aromatic heterocycles. The number of carbonyl (C=O) groups is 6. The van der Waals surface area contributed by atoms with Gasteiger partial charge in [0.1, 0.15) is 43.4 Å². The molecule has 0 spiro atoms. The number of aliphatic hydroxyl groups is 1. The molecule has 1 amide bonds. The average molecular weight is 989 g/mol. The van der Waals surface area contributed by atoms with Gasteiger partial charge in [0.15, 0.2) is 30.9 Å². The van der Waals surface area contributed by atoms with E-state index in [2.05, 4.69) is 10.0 Å². The van der Waals surface area contributed by atoms with Crippen LogP contribution in [0.4, 0.5) is 4.79 Å². The third kappa shape index (κ3) is 11.9. The van der Waals surface area contributed by atoms with Crippen LogP contribution in [-0.2, 0) is 76.1 Å². The predicted molar refractivity (Wildman–Crippen MR) is 242 cm³/mol. The van der Waals surface area contributed by atoms with Gasteiger partial charge in [-0.2, -0.15) is 0 Å². The fourth-order valence-corrected chi connectivity index (χ4v) is 9.02. The summed E-state index contributed by atoms with van der Waals surface area (Å²) in [6.07, 6.45) is -16.5. The quantitative estimate of drug-likeness (QED) is 0.0667. The summed E-state index contributed by atoms with van der Waals surface area (Å²) in [4.78, 5) is 83.9. The topological polar surface area (TPSA) is 276 Å². The highest BCUT2D eigenvalue weighted by molar-refractivity contribution is 5.86. The van der Waals surface area contributed by atoms with Crippen LogP contribution >= 0.6 is 0 Å². The van der Waals surface area contributed by atoms with Gasteiger partial charge >= 0.3 is 35.9 Å². The Labute approximate surface area is 408 Å². The van der Waals surface area contributed by atoms with Crippen LogP contribution in [0.15, 0.2) is 84.0 Å². The number of rotatable bonds is 15. The van der Waals surface area contributed by atoms with Crippen molar-refractivity contribution in [2.45, 2.75) is 134 Å². The highest BCUT2D eigenvalue weighted by Gasteiger charge is 2.59. The number of fused-ring (bicyclic) bond motifs is 4. The van der Waals surface area contributed by atoms with Crippen molar-refractivity contribution in [3.8, 4) is 11.1 Å². The number of carbonyl (C=O) groups excluding carboxylic acids is 6. The van der Waals surface area contributed by atoms with Crippen molar-refractivity contribution in [3.63, 3.8) is 0 Å². The van der Waals surface area contributed by atoms with E-state index in [9.17, 15) is 29.8 Å². The van der Waals surface area contributed by atoms with Gasteiger partial charge in [0.2, 0.25) is 5.66 Å². The molecule has 0 bridgehead atoms. The lowest BCUT2D eigenvalue weighted by atomic mass is 9.97. The Bertz CT molecular complexity index is 2450. The van der Waals surface area contributed by atoms with Crippen molar-refractivity contribution in [1.29, 1.82) is 0 Å². The minimum Gasteiger partial charge on any atom is -0.463 e. The highest BCUT2D eigenvalue weighted by atomic mass is 16.7. The minimum atomic E-state index is -3.00. The molecule has 1 N–H and O–H groups in total. The maximum Gasteiger partial charge on any atom is 0.413 e. The molecule has 11 atom stereocenters. The molecule has 71 heavy (non-hydrogen) atoms. The molecule has 0 radical (unpaired) electrons. The molecule has 1 aliphatic carbocycles. The van der Waals surface area contributed by atoms with Crippen LogP contribution in [0.3, 0.4) is 0 Å². The molecule has 0 saturated carbocycles. The van der Waals surface area contributed by atoms with Crippen LogP contribution in [0.5, 0.6) is 0 Å². The lowest BCUT2D eigenvalue weighted by molar-refractivity contribution is -0.329. The van der Waals surface area contributed by atoms with E-state index in [-0.39, 0.29) is 13.2 Å². The van der Waals surface area contributed by atoms with Gasteiger partial charge in [-0.25, -0.2) is 9.59 Å². The summed E-state index contributed by atoms with van der Waals surface area (Å²) in [5.41, 5.74) is 10.3. The first-order valence-electron chi connectivity index (χ1n) is 22.8. The van der Waals surface area contributed by atoms with Crippen LogP contribution < -0.4 is 0 Å². The molecular formula is C49H56N4O18. The first-order chi connectivity index (χ1) is 33.8. The summed E-state index contributed by atoms with van der Waals surface area (Å²) >= 11 is 0. The van der Waals surface area contributed by atoms with Crippen molar-refractivity contribution in [1.82, 2.24) is 4.90 Å². The van der Waals surface area contributed by atoms with E-state index in [0.717, 1.165) is 49.9 Å². The molecule has 22 heteroatoms. The second-order valence-electron chi connectivity index (χ2n) is 18.2. The third-order valence-electron chi connectivity index (χ3n) is 11.8. The number of amides is 1. The van der Waals surface area contributed by atoms with Crippen LogP contribution in [0.25, 0.3) is 21.6 Å². The Morgan fingerprint density at radius 2 is 1.34 bits per heavy atom. The molecule has 1 unspecified atom stereocenters. The van der Waals surface area contributed by atoms with Crippen LogP contribution in [-0.4, -0.2) is 139 Å². The molecule has 3 fully saturated rings. The van der Waals surface area contributed by atoms with E-state index in [0.29, 0.717) is 10.5 Å². The largest absolute Gasteiger partial charge is 0.463 e. The molecule has 22 nitrogen and oxygen atoms in total. The lowest BCUT2D eigenvalue weighted by Gasteiger charge is -2.50. The number of hydrogen-bond acceptors (Lipinski definition) is 19. The van der Waals surface area contributed by atoms with Crippen LogP contribution in [0.1, 0.15) is 83.8 Å². The Balaban J connectivity index is 1.31. The van der Waals surface area contributed by atoms with E-state index in [1.165, 1.54) is 20.8 Å². The zero-order valence-corrected chi connectivity index (χ0v) is 40.1. The van der Waals surface area contributed by atoms with E-state index in [4.69, 9.17) is 52.1 Å². The van der Waals surface area contributed by atoms with Crippen molar-refractivity contribution >= 4 is 35.9 Å². The summed E-state index contributed by atoms with van der Waals surface area (Å²) in [7, 11) is 0. The Morgan fingerprint density at radius 1 is 0.746 bits per heavy atom. The molecule has 380 valence electrons. The smallest absolute Gasteiger partial charge is 0.413 e. The maximum absolute atomic E-state index is 15.3. The van der Waals surface area contributed by atoms with Crippen molar-refractivity contribution in [2.24, 2.45) is 5.11 Å².